The third-order valence-electron chi connectivity index (χ3n) is 13.6. The highest BCUT2D eigenvalue weighted by atomic mass is 16.7. The van der Waals surface area contributed by atoms with Gasteiger partial charge >= 0.3 is 0 Å². The largest absolute Gasteiger partial charge is 0.390 e. The van der Waals surface area contributed by atoms with E-state index in [4.69, 9.17) is 56.8 Å². The second-order valence-electron chi connectivity index (χ2n) is 17.7. The van der Waals surface area contributed by atoms with E-state index in [0.29, 0.717) is 12.8 Å². The van der Waals surface area contributed by atoms with Crippen LogP contribution in [0, 0.1) is 23.7 Å². The van der Waals surface area contributed by atoms with Gasteiger partial charge in [-0.15, -0.1) is 0 Å². The predicted octanol–water partition coefficient (Wildman–Crippen LogP) is 5.97. The molecule has 0 unspecified atom stereocenters. The average Bonchev–Trinajstić information content (AvgIpc) is 4.23. The predicted molar refractivity (Wildman–Crippen MR) is 236 cm³/mol. The van der Waals surface area contributed by atoms with Crippen LogP contribution < -0.4 is 0 Å². The number of rotatable bonds is 27. The third-order valence-corrected chi connectivity index (χ3v) is 13.6. The molecular weight excluding hydrogens is 801 g/mol. The summed E-state index contributed by atoms with van der Waals surface area (Å²) in [6.07, 6.45) is 9.94. The Morgan fingerprint density at radius 2 is 1.06 bits per heavy atom. The van der Waals surface area contributed by atoms with E-state index in [9.17, 15) is 10.2 Å². The van der Waals surface area contributed by atoms with E-state index in [1.165, 1.54) is 0 Å². The van der Waals surface area contributed by atoms with Crippen molar-refractivity contribution in [2.24, 2.45) is 23.7 Å². The number of ether oxygens (including phenoxy) is 12. The Kier molecular flexibility index (Phi) is 22.2. The van der Waals surface area contributed by atoms with Gasteiger partial charge in [-0.3, -0.25) is 0 Å². The zero-order valence-corrected chi connectivity index (χ0v) is 40.0. The molecule has 0 bridgehead atoms. The first-order chi connectivity index (χ1) is 29.7. The van der Waals surface area contributed by atoms with Crippen LogP contribution in [0.25, 0.3) is 0 Å². The van der Waals surface area contributed by atoms with Crippen molar-refractivity contribution in [3.63, 3.8) is 0 Å². The van der Waals surface area contributed by atoms with Crippen molar-refractivity contribution in [1.82, 2.24) is 0 Å². The molecule has 358 valence electrons. The van der Waals surface area contributed by atoms with Crippen LogP contribution in [0.2, 0.25) is 0 Å². The lowest BCUT2D eigenvalue weighted by Crippen LogP contribution is -2.52. The minimum Gasteiger partial charge on any atom is -0.390 e. The molecule has 14 heteroatoms. The van der Waals surface area contributed by atoms with Crippen molar-refractivity contribution in [3.8, 4) is 0 Å². The number of epoxide rings is 2. The molecule has 4 fully saturated rings. The highest BCUT2D eigenvalue weighted by molar-refractivity contribution is 5.20. The van der Waals surface area contributed by atoms with Gasteiger partial charge in [-0.25, -0.2) is 0 Å². The standard InChI is InChI=1S/C48H82O14/c1-15-33(51-9)31(7)43-46(60-43)39(49)27(3)19-17-21-29(5)41-35(53-11)25-37(55-13)48(62-41)58-24-23-57-45-36(54-12)26-38(56-14)59-42(45)30(6)22-18-20-28(4)40(50)47-44(61-47)32(8)34(16-2)52-10/h17-22,27-28,31-50H,15-16,23-26H2,1-14H3/b19-17+,20-18+,29-21+,30-22+/t27-,28-,31+,32+,33-,34-,35+,36-,37+,38+,39+,40+,41-,42-,43-,44-,45-,46-,47-,48+/m0/s1. The molecule has 0 aromatic rings. The van der Waals surface area contributed by atoms with Crippen molar-refractivity contribution >= 4 is 0 Å². The Labute approximate surface area is 372 Å². The molecule has 4 rings (SSSR count). The lowest BCUT2D eigenvalue weighted by molar-refractivity contribution is -0.274. The first-order valence-electron chi connectivity index (χ1n) is 22.8. The van der Waals surface area contributed by atoms with Crippen molar-refractivity contribution in [2.45, 2.75) is 179 Å². The second-order valence-corrected chi connectivity index (χ2v) is 17.7. The SMILES string of the molecule is CC[C@H](OC)[C@@H](C)[C@@H]1O[C@H]1[C@H](O)[C@@H](C)/C=C/C=C(\C)[C@@H]1O[C@@H](OC)C[C@H](OC)[C@@H]1OCCO[C@@H]1O[C@@H](/C(C)=C/C=C/[C@H](C)[C@@H](O)[C@@H]2O[C@H]2[C@H](C)[C@H](CC)OC)[C@H](OC)C[C@H]1OC. The summed E-state index contributed by atoms with van der Waals surface area (Å²) in [5.74, 6) is 0.158. The van der Waals surface area contributed by atoms with Gasteiger partial charge < -0.3 is 67.1 Å². The first kappa shape index (κ1) is 53.0. The van der Waals surface area contributed by atoms with Crippen molar-refractivity contribution in [1.29, 1.82) is 0 Å². The average molecular weight is 883 g/mol. The summed E-state index contributed by atoms with van der Waals surface area (Å²) in [4.78, 5) is 0. The van der Waals surface area contributed by atoms with Crippen LogP contribution in [-0.2, 0) is 56.8 Å². The molecule has 14 nitrogen and oxygen atoms in total. The molecule has 4 aliphatic rings. The maximum atomic E-state index is 11.1. The maximum absolute atomic E-state index is 11.1. The first-order valence-corrected chi connectivity index (χ1v) is 22.8. The van der Waals surface area contributed by atoms with Gasteiger partial charge in [0.25, 0.3) is 0 Å². The van der Waals surface area contributed by atoms with Crippen LogP contribution in [0.3, 0.4) is 0 Å². The topological polar surface area (TPSA) is 158 Å². The third kappa shape index (κ3) is 14.0. The summed E-state index contributed by atoms with van der Waals surface area (Å²) in [5.41, 5.74) is 1.88. The molecule has 0 saturated carbocycles. The molecule has 4 saturated heterocycles. The van der Waals surface area contributed by atoms with E-state index < -0.39 is 37.0 Å². The Balaban J connectivity index is 1.33. The normalized spacial score (nSPS) is 36.0. The van der Waals surface area contributed by atoms with Crippen LogP contribution in [0.4, 0.5) is 0 Å². The van der Waals surface area contributed by atoms with E-state index in [2.05, 4.69) is 27.7 Å². The molecule has 62 heavy (non-hydrogen) atoms. The van der Waals surface area contributed by atoms with Crippen LogP contribution >= 0.6 is 0 Å². The summed E-state index contributed by atoms with van der Waals surface area (Å²) < 4.78 is 72.0. The fraction of sp³-hybridized carbons (Fsp3) is 0.833. The highest BCUT2D eigenvalue weighted by Crippen LogP contribution is 2.39. The Hall–Kier alpha value is -1.60. The number of hydrogen-bond acceptors (Lipinski definition) is 14. The van der Waals surface area contributed by atoms with E-state index in [-0.39, 0.29) is 97.9 Å². The molecule has 0 aliphatic carbocycles. The number of aliphatic hydroxyl groups excluding tert-OH is 2. The van der Waals surface area contributed by atoms with Gasteiger partial charge in [0.1, 0.15) is 36.6 Å². The van der Waals surface area contributed by atoms with Crippen molar-refractivity contribution in [2.75, 3.05) is 55.9 Å². The highest BCUT2D eigenvalue weighted by Gasteiger charge is 2.51. The zero-order chi connectivity index (χ0) is 45.7. The summed E-state index contributed by atoms with van der Waals surface area (Å²) in [6, 6.07) is 0. The van der Waals surface area contributed by atoms with Crippen LogP contribution in [0.15, 0.2) is 47.6 Å². The molecular formula is C48H82O14. The quantitative estimate of drug-likeness (QED) is 0.0566. The fourth-order valence-electron chi connectivity index (χ4n) is 9.24. The van der Waals surface area contributed by atoms with Crippen LogP contribution in [0.1, 0.15) is 81.1 Å². The number of aliphatic hydroxyl groups is 2. The lowest BCUT2D eigenvalue weighted by Gasteiger charge is -2.41. The van der Waals surface area contributed by atoms with Gasteiger partial charge in [0.2, 0.25) is 0 Å². The summed E-state index contributed by atoms with van der Waals surface area (Å²) in [7, 11) is 10.1. The van der Waals surface area contributed by atoms with Gasteiger partial charge in [-0.1, -0.05) is 78.0 Å². The lowest BCUT2D eigenvalue weighted by atomic mass is 9.91. The van der Waals surface area contributed by atoms with Gasteiger partial charge in [-0.05, 0) is 37.8 Å². The maximum Gasteiger partial charge on any atom is 0.184 e. The molecule has 20 atom stereocenters. The fourth-order valence-corrected chi connectivity index (χ4v) is 9.24. The molecule has 0 aromatic heterocycles. The number of hydrogen-bond donors (Lipinski definition) is 2. The Morgan fingerprint density at radius 1 is 0.581 bits per heavy atom. The van der Waals surface area contributed by atoms with E-state index >= 15 is 0 Å². The summed E-state index contributed by atoms with van der Waals surface area (Å²) in [5, 5.41) is 22.1. The minimum atomic E-state index is -0.663. The van der Waals surface area contributed by atoms with E-state index in [1.54, 1.807) is 42.7 Å². The zero-order valence-electron chi connectivity index (χ0n) is 40.0. The van der Waals surface area contributed by atoms with Crippen molar-refractivity contribution < 1.29 is 67.1 Å². The van der Waals surface area contributed by atoms with Gasteiger partial charge in [0, 0.05) is 79.2 Å². The minimum absolute atomic E-state index is 0.00932. The monoisotopic (exact) mass is 883 g/mol. The summed E-state index contributed by atoms with van der Waals surface area (Å²) in [6.45, 7) is 16.9. The molecule has 0 spiro atoms. The number of allylic oxidation sites excluding steroid dienone is 4. The van der Waals surface area contributed by atoms with Gasteiger partial charge in [-0.2, -0.15) is 0 Å². The van der Waals surface area contributed by atoms with Gasteiger partial charge in [0.05, 0.1) is 62.0 Å². The molecule has 0 amide bonds. The Bertz CT molecular complexity index is 1410. The molecule has 4 heterocycles. The second kappa shape index (κ2) is 25.9. The summed E-state index contributed by atoms with van der Waals surface area (Å²) >= 11 is 0. The molecule has 2 N–H and O–H groups in total. The molecule has 0 aromatic carbocycles. The van der Waals surface area contributed by atoms with Crippen LogP contribution in [-0.4, -0.2) is 164 Å². The number of methoxy groups -OCH3 is 6. The van der Waals surface area contributed by atoms with E-state index in [1.807, 2.05) is 64.2 Å². The van der Waals surface area contributed by atoms with Gasteiger partial charge in [0.15, 0.2) is 12.6 Å². The van der Waals surface area contributed by atoms with Crippen LogP contribution in [0.5, 0.6) is 0 Å². The molecule has 4 aliphatic heterocycles. The van der Waals surface area contributed by atoms with E-state index in [0.717, 1.165) is 24.0 Å². The molecule has 0 radical (unpaired) electrons. The smallest absolute Gasteiger partial charge is 0.184 e. The Morgan fingerprint density at radius 3 is 1.52 bits per heavy atom. The van der Waals surface area contributed by atoms with Crippen molar-refractivity contribution in [3.05, 3.63) is 47.6 Å².